The van der Waals surface area contributed by atoms with E-state index in [9.17, 15) is 13.2 Å². The Morgan fingerprint density at radius 3 is 2.38 bits per heavy atom. The number of rotatable bonds is 4. The molecule has 0 aromatic heterocycles. The van der Waals surface area contributed by atoms with Crippen LogP contribution < -0.4 is 5.32 Å². The lowest BCUT2D eigenvalue weighted by molar-refractivity contribution is -0.146. The molecule has 0 atom stereocenters. The van der Waals surface area contributed by atoms with Crippen molar-refractivity contribution in [2.45, 2.75) is 32.0 Å². The molecule has 92 valence electrons. The molecule has 2 aliphatic rings. The van der Waals surface area contributed by atoms with Crippen molar-refractivity contribution in [1.82, 2.24) is 10.2 Å². The lowest BCUT2D eigenvalue weighted by atomic mass is 10.0. The van der Waals surface area contributed by atoms with Crippen LogP contribution in [0.25, 0.3) is 0 Å². The number of nitrogens with one attached hydrogen (secondary N) is 1. The fraction of sp³-hybridized carbons (Fsp3) is 0.818. The summed E-state index contributed by atoms with van der Waals surface area (Å²) in [7, 11) is 0. The van der Waals surface area contributed by atoms with E-state index in [0.717, 1.165) is 31.5 Å². The Hall–Kier alpha value is -0.550. The summed E-state index contributed by atoms with van der Waals surface area (Å²) >= 11 is 0. The van der Waals surface area contributed by atoms with E-state index in [4.69, 9.17) is 0 Å². The van der Waals surface area contributed by atoms with Crippen LogP contribution in [0.1, 0.15) is 19.8 Å². The molecule has 0 aromatic rings. The van der Waals surface area contributed by atoms with Crippen LogP contribution in [0.3, 0.4) is 0 Å². The highest BCUT2D eigenvalue weighted by atomic mass is 19.4. The molecule has 0 aromatic carbocycles. The lowest BCUT2D eigenvalue weighted by Crippen LogP contribution is -2.40. The first-order chi connectivity index (χ1) is 7.46. The molecule has 0 radical (unpaired) electrons. The summed E-state index contributed by atoms with van der Waals surface area (Å²) in [6, 6.07) is 0.158. The van der Waals surface area contributed by atoms with Crippen molar-refractivity contribution >= 4 is 0 Å². The van der Waals surface area contributed by atoms with Gasteiger partial charge in [0, 0.05) is 25.7 Å². The Kier molecular flexibility index (Phi) is 3.26. The van der Waals surface area contributed by atoms with E-state index in [1.807, 2.05) is 6.92 Å². The summed E-state index contributed by atoms with van der Waals surface area (Å²) in [6.07, 6.45) is -2.25. The van der Waals surface area contributed by atoms with Crippen molar-refractivity contribution in [3.05, 3.63) is 11.1 Å². The molecule has 2 fully saturated rings. The summed E-state index contributed by atoms with van der Waals surface area (Å²) in [4.78, 5) is 1.57. The highest BCUT2D eigenvalue weighted by Crippen LogP contribution is 2.31. The van der Waals surface area contributed by atoms with Gasteiger partial charge in [-0.1, -0.05) is 5.57 Å². The van der Waals surface area contributed by atoms with Crippen molar-refractivity contribution in [3.63, 3.8) is 0 Å². The van der Waals surface area contributed by atoms with Gasteiger partial charge in [0.05, 0.1) is 6.54 Å². The highest BCUT2D eigenvalue weighted by molar-refractivity contribution is 5.22. The fourth-order valence-electron chi connectivity index (χ4n) is 1.95. The van der Waals surface area contributed by atoms with Crippen molar-refractivity contribution in [2.75, 3.05) is 26.2 Å². The minimum atomic E-state index is -4.08. The predicted octanol–water partition coefficient (Wildman–Crippen LogP) is 1.93. The van der Waals surface area contributed by atoms with Crippen LogP contribution in [-0.2, 0) is 0 Å². The van der Waals surface area contributed by atoms with E-state index in [1.54, 1.807) is 4.90 Å². The lowest BCUT2D eigenvalue weighted by Gasteiger charge is -2.28. The largest absolute Gasteiger partial charge is 0.401 e. The minimum Gasteiger partial charge on any atom is -0.309 e. The third-order valence-corrected chi connectivity index (χ3v) is 3.17. The first-order valence-electron chi connectivity index (χ1n) is 5.65. The van der Waals surface area contributed by atoms with E-state index >= 15 is 0 Å². The van der Waals surface area contributed by atoms with E-state index in [0.29, 0.717) is 6.54 Å². The Labute approximate surface area is 93.5 Å². The van der Waals surface area contributed by atoms with Gasteiger partial charge in [0.2, 0.25) is 0 Å². The van der Waals surface area contributed by atoms with Crippen molar-refractivity contribution < 1.29 is 13.2 Å². The average Bonchev–Trinajstić information content (AvgIpc) is 2.77. The van der Waals surface area contributed by atoms with Crippen LogP contribution in [0.4, 0.5) is 13.2 Å². The molecule has 1 N–H and O–H groups in total. The van der Waals surface area contributed by atoms with Crippen molar-refractivity contribution in [2.24, 2.45) is 0 Å². The second-order valence-corrected chi connectivity index (χ2v) is 4.74. The monoisotopic (exact) mass is 234 g/mol. The predicted molar refractivity (Wildman–Crippen MR) is 56.2 cm³/mol. The molecule has 2 rings (SSSR count). The smallest absolute Gasteiger partial charge is 0.309 e. The molecular weight excluding hydrogens is 217 g/mol. The number of halogens is 3. The minimum absolute atomic E-state index is 0.158. The molecule has 0 amide bonds. The van der Waals surface area contributed by atoms with Gasteiger partial charge in [0.1, 0.15) is 0 Å². The van der Waals surface area contributed by atoms with Crippen LogP contribution in [-0.4, -0.2) is 43.3 Å². The SMILES string of the molecule is CC(CN(CC(F)(F)F)C1CC1)=C1CNC1. The molecule has 1 aliphatic carbocycles. The standard InChI is InChI=1S/C11H17F3N2/c1-8(9-4-15-5-9)6-16(10-2-3-10)7-11(12,13)14/h10,15H,2-7H2,1H3. The van der Waals surface area contributed by atoms with Gasteiger partial charge in [0.15, 0.2) is 0 Å². The molecule has 0 unspecified atom stereocenters. The third kappa shape index (κ3) is 3.22. The van der Waals surface area contributed by atoms with Crippen LogP contribution in [0.15, 0.2) is 11.1 Å². The highest BCUT2D eigenvalue weighted by Gasteiger charge is 2.38. The number of nitrogens with zero attached hydrogens (tertiary/aromatic N) is 1. The van der Waals surface area contributed by atoms with Gasteiger partial charge in [-0.2, -0.15) is 13.2 Å². The second kappa shape index (κ2) is 4.37. The van der Waals surface area contributed by atoms with Crippen LogP contribution in [0, 0.1) is 0 Å². The fourth-order valence-corrected chi connectivity index (χ4v) is 1.95. The first kappa shape index (κ1) is 11.9. The van der Waals surface area contributed by atoms with Crippen molar-refractivity contribution in [3.8, 4) is 0 Å². The molecule has 5 heteroatoms. The Balaban J connectivity index is 1.92. The maximum Gasteiger partial charge on any atom is 0.401 e. The van der Waals surface area contributed by atoms with Gasteiger partial charge in [-0.3, -0.25) is 4.90 Å². The maximum absolute atomic E-state index is 12.4. The zero-order valence-corrected chi connectivity index (χ0v) is 9.40. The molecule has 2 nitrogen and oxygen atoms in total. The average molecular weight is 234 g/mol. The third-order valence-electron chi connectivity index (χ3n) is 3.17. The topological polar surface area (TPSA) is 15.3 Å². The second-order valence-electron chi connectivity index (χ2n) is 4.74. The summed E-state index contributed by atoms with van der Waals surface area (Å²) in [5.74, 6) is 0. The van der Waals surface area contributed by atoms with E-state index in [2.05, 4.69) is 5.32 Å². The van der Waals surface area contributed by atoms with Crippen LogP contribution >= 0.6 is 0 Å². The first-order valence-corrected chi connectivity index (χ1v) is 5.65. The Morgan fingerprint density at radius 1 is 1.38 bits per heavy atom. The summed E-state index contributed by atoms with van der Waals surface area (Å²) in [5.41, 5.74) is 2.38. The van der Waals surface area contributed by atoms with Crippen LogP contribution in [0.2, 0.25) is 0 Å². The zero-order chi connectivity index (χ0) is 11.8. The molecule has 1 aliphatic heterocycles. The molecule has 0 spiro atoms. The molecule has 1 saturated heterocycles. The van der Waals surface area contributed by atoms with Gasteiger partial charge < -0.3 is 5.32 Å². The summed E-state index contributed by atoms with van der Waals surface area (Å²) < 4.78 is 37.1. The van der Waals surface area contributed by atoms with E-state index in [-0.39, 0.29) is 6.04 Å². The molecule has 0 bridgehead atoms. The van der Waals surface area contributed by atoms with Gasteiger partial charge >= 0.3 is 6.18 Å². The van der Waals surface area contributed by atoms with Gasteiger partial charge in [0.25, 0.3) is 0 Å². The normalized spacial score (nSPS) is 21.2. The summed E-state index contributed by atoms with van der Waals surface area (Å²) in [6.45, 7) is 3.34. The van der Waals surface area contributed by atoms with Crippen LogP contribution in [0.5, 0.6) is 0 Å². The molecule has 1 heterocycles. The van der Waals surface area contributed by atoms with Crippen molar-refractivity contribution in [1.29, 1.82) is 0 Å². The Morgan fingerprint density at radius 2 is 2.00 bits per heavy atom. The quantitative estimate of drug-likeness (QED) is 0.748. The van der Waals surface area contributed by atoms with Gasteiger partial charge in [-0.25, -0.2) is 0 Å². The van der Waals surface area contributed by atoms with E-state index < -0.39 is 12.7 Å². The maximum atomic E-state index is 12.4. The van der Waals surface area contributed by atoms with E-state index in [1.165, 1.54) is 5.57 Å². The molecule has 16 heavy (non-hydrogen) atoms. The molecule has 1 saturated carbocycles. The molecular formula is C11H17F3N2. The summed E-state index contributed by atoms with van der Waals surface area (Å²) in [5, 5.41) is 3.11. The number of hydrogen-bond acceptors (Lipinski definition) is 2. The zero-order valence-electron chi connectivity index (χ0n) is 9.40. The number of alkyl halides is 3. The van der Waals surface area contributed by atoms with Gasteiger partial charge in [-0.05, 0) is 25.3 Å². The number of hydrogen-bond donors (Lipinski definition) is 1. The Bertz CT molecular complexity index is 286. The van der Waals surface area contributed by atoms with Gasteiger partial charge in [-0.15, -0.1) is 0 Å².